The van der Waals surface area contributed by atoms with Crippen LogP contribution in [0.4, 0.5) is 0 Å². The smallest absolute Gasteiger partial charge is 0.191 e. The van der Waals surface area contributed by atoms with Crippen LogP contribution >= 0.6 is 11.6 Å². The van der Waals surface area contributed by atoms with E-state index in [-0.39, 0.29) is 0 Å². The third kappa shape index (κ3) is 5.45. The molecule has 0 aliphatic heterocycles. The first kappa shape index (κ1) is 17.1. The normalized spacial score (nSPS) is 11.2. The molecule has 0 bridgehead atoms. The lowest BCUT2D eigenvalue weighted by Crippen LogP contribution is -2.38. The first-order chi connectivity index (χ1) is 11.2. The van der Waals surface area contributed by atoms with Gasteiger partial charge in [0.25, 0.3) is 0 Å². The molecule has 0 unspecified atom stereocenters. The molecule has 2 N–H and O–H groups in total. The van der Waals surface area contributed by atoms with Gasteiger partial charge in [0.05, 0.1) is 19.3 Å². The number of guanidine groups is 1. The van der Waals surface area contributed by atoms with Gasteiger partial charge in [-0.05, 0) is 36.2 Å². The lowest BCUT2D eigenvalue weighted by Gasteiger charge is -2.12. The van der Waals surface area contributed by atoms with Crippen LogP contribution < -0.4 is 15.4 Å². The molecule has 122 valence electrons. The molecule has 0 radical (unpaired) electrons. The van der Waals surface area contributed by atoms with E-state index in [0.717, 1.165) is 35.9 Å². The van der Waals surface area contributed by atoms with Crippen LogP contribution in [0, 0.1) is 0 Å². The van der Waals surface area contributed by atoms with Gasteiger partial charge in [0.15, 0.2) is 5.96 Å². The quantitative estimate of drug-likeness (QED) is 0.630. The summed E-state index contributed by atoms with van der Waals surface area (Å²) in [6.45, 7) is 1.36. The van der Waals surface area contributed by atoms with Crippen LogP contribution in [0.3, 0.4) is 0 Å². The van der Waals surface area contributed by atoms with Crippen molar-refractivity contribution >= 4 is 17.6 Å². The van der Waals surface area contributed by atoms with E-state index in [1.165, 1.54) is 0 Å². The molecule has 23 heavy (non-hydrogen) atoms. The summed E-state index contributed by atoms with van der Waals surface area (Å²) in [6.07, 6.45) is 2.58. The van der Waals surface area contributed by atoms with Crippen molar-refractivity contribution in [1.29, 1.82) is 0 Å². The minimum absolute atomic E-state index is 0.629. The van der Waals surface area contributed by atoms with Crippen molar-refractivity contribution in [3.05, 3.63) is 58.9 Å². The van der Waals surface area contributed by atoms with E-state index in [4.69, 9.17) is 16.3 Å². The summed E-state index contributed by atoms with van der Waals surface area (Å²) in [5.74, 6) is 1.50. The number of methoxy groups -OCH3 is 1. The average Bonchev–Trinajstić information content (AvgIpc) is 2.60. The van der Waals surface area contributed by atoms with Crippen LogP contribution in [-0.4, -0.2) is 31.6 Å². The standard InChI is InChI=1S/C17H21ClN4O/c1-19-17(22-12-14-5-3-4-9-20-14)21-10-8-13-6-7-15(23-2)11-16(13)18/h3-7,9,11H,8,10,12H2,1-2H3,(H2,19,21,22). The fourth-order valence-corrected chi connectivity index (χ4v) is 2.34. The number of hydrogen-bond acceptors (Lipinski definition) is 3. The maximum atomic E-state index is 6.24. The van der Waals surface area contributed by atoms with Gasteiger partial charge in [0.1, 0.15) is 5.75 Å². The zero-order valence-electron chi connectivity index (χ0n) is 13.3. The van der Waals surface area contributed by atoms with Crippen molar-refractivity contribution in [2.45, 2.75) is 13.0 Å². The van der Waals surface area contributed by atoms with Gasteiger partial charge in [0.2, 0.25) is 0 Å². The molecular weight excluding hydrogens is 312 g/mol. The molecule has 2 rings (SSSR count). The number of benzene rings is 1. The number of hydrogen-bond donors (Lipinski definition) is 2. The Hall–Kier alpha value is -2.27. The lowest BCUT2D eigenvalue weighted by atomic mass is 10.1. The Bertz CT molecular complexity index is 646. The monoisotopic (exact) mass is 332 g/mol. The second-order valence-electron chi connectivity index (χ2n) is 4.88. The van der Waals surface area contributed by atoms with Gasteiger partial charge in [-0.25, -0.2) is 0 Å². The van der Waals surface area contributed by atoms with Crippen LogP contribution in [0.1, 0.15) is 11.3 Å². The number of halogens is 1. The van der Waals surface area contributed by atoms with Crippen molar-refractivity contribution in [1.82, 2.24) is 15.6 Å². The van der Waals surface area contributed by atoms with E-state index in [1.807, 2.05) is 36.4 Å². The second kappa shape index (κ2) is 9.00. The molecule has 1 aromatic carbocycles. The van der Waals surface area contributed by atoms with E-state index in [2.05, 4.69) is 20.6 Å². The highest BCUT2D eigenvalue weighted by Crippen LogP contribution is 2.22. The SMILES string of the molecule is CN=C(NCCc1ccc(OC)cc1Cl)NCc1ccccn1. The number of aliphatic imine (C=N–C) groups is 1. The van der Waals surface area contributed by atoms with Gasteiger partial charge >= 0.3 is 0 Å². The molecule has 1 heterocycles. The third-order valence-corrected chi connectivity index (χ3v) is 3.69. The second-order valence-corrected chi connectivity index (χ2v) is 5.29. The zero-order chi connectivity index (χ0) is 16.5. The molecular formula is C17H21ClN4O. The van der Waals surface area contributed by atoms with E-state index >= 15 is 0 Å². The molecule has 1 aromatic heterocycles. The minimum Gasteiger partial charge on any atom is -0.497 e. The van der Waals surface area contributed by atoms with Crippen molar-refractivity contribution in [3.63, 3.8) is 0 Å². The third-order valence-electron chi connectivity index (χ3n) is 3.33. The van der Waals surface area contributed by atoms with Crippen LogP contribution in [0.5, 0.6) is 5.75 Å². The predicted octanol–water partition coefficient (Wildman–Crippen LogP) is 2.65. The van der Waals surface area contributed by atoms with Crippen LogP contribution in [0.25, 0.3) is 0 Å². The van der Waals surface area contributed by atoms with Crippen molar-refractivity contribution in [2.24, 2.45) is 4.99 Å². The number of rotatable bonds is 6. The van der Waals surface area contributed by atoms with E-state index in [0.29, 0.717) is 11.6 Å². The molecule has 2 aromatic rings. The molecule has 0 atom stereocenters. The maximum absolute atomic E-state index is 6.24. The average molecular weight is 333 g/mol. The summed E-state index contributed by atoms with van der Waals surface area (Å²) in [6, 6.07) is 11.5. The summed E-state index contributed by atoms with van der Waals surface area (Å²) >= 11 is 6.24. The topological polar surface area (TPSA) is 58.5 Å². The molecule has 5 nitrogen and oxygen atoms in total. The summed E-state index contributed by atoms with van der Waals surface area (Å²) in [5, 5.41) is 7.20. The van der Waals surface area contributed by atoms with Crippen LogP contribution in [0.2, 0.25) is 5.02 Å². The molecule has 0 spiro atoms. The number of pyridine rings is 1. The molecule has 0 saturated heterocycles. The number of nitrogens with zero attached hydrogens (tertiary/aromatic N) is 2. The minimum atomic E-state index is 0.629. The summed E-state index contributed by atoms with van der Waals surface area (Å²) in [5.41, 5.74) is 2.04. The lowest BCUT2D eigenvalue weighted by molar-refractivity contribution is 0.414. The van der Waals surface area contributed by atoms with E-state index in [9.17, 15) is 0 Å². The predicted molar refractivity (Wildman–Crippen MR) is 94.1 cm³/mol. The molecule has 0 aliphatic rings. The summed E-state index contributed by atoms with van der Waals surface area (Å²) < 4.78 is 5.15. The first-order valence-corrected chi connectivity index (χ1v) is 7.77. The van der Waals surface area contributed by atoms with Crippen LogP contribution in [-0.2, 0) is 13.0 Å². The number of ether oxygens (including phenoxy) is 1. The Morgan fingerprint density at radius 1 is 1.26 bits per heavy atom. The van der Waals surface area contributed by atoms with Gasteiger partial charge in [0, 0.05) is 24.8 Å². The van der Waals surface area contributed by atoms with Crippen molar-refractivity contribution in [3.8, 4) is 5.75 Å². The van der Waals surface area contributed by atoms with Gasteiger partial charge in [-0.15, -0.1) is 0 Å². The summed E-state index contributed by atoms with van der Waals surface area (Å²) in [7, 11) is 3.37. The number of nitrogens with one attached hydrogen (secondary N) is 2. The van der Waals surface area contributed by atoms with Crippen molar-refractivity contribution in [2.75, 3.05) is 20.7 Å². The highest BCUT2D eigenvalue weighted by Gasteiger charge is 2.03. The highest BCUT2D eigenvalue weighted by molar-refractivity contribution is 6.31. The van der Waals surface area contributed by atoms with E-state index < -0.39 is 0 Å². The van der Waals surface area contributed by atoms with Gasteiger partial charge in [-0.3, -0.25) is 9.98 Å². The molecule has 0 amide bonds. The first-order valence-electron chi connectivity index (χ1n) is 7.39. The Labute approximate surface area is 141 Å². The maximum Gasteiger partial charge on any atom is 0.191 e. The van der Waals surface area contributed by atoms with Crippen molar-refractivity contribution < 1.29 is 4.74 Å². The zero-order valence-corrected chi connectivity index (χ0v) is 14.1. The largest absolute Gasteiger partial charge is 0.497 e. The van der Waals surface area contributed by atoms with Gasteiger partial charge in [-0.1, -0.05) is 23.7 Å². The summed E-state index contributed by atoms with van der Waals surface area (Å²) in [4.78, 5) is 8.46. The van der Waals surface area contributed by atoms with Gasteiger partial charge in [-0.2, -0.15) is 0 Å². The van der Waals surface area contributed by atoms with E-state index in [1.54, 1.807) is 20.4 Å². The molecule has 6 heteroatoms. The molecule has 0 fully saturated rings. The fraction of sp³-hybridized carbons (Fsp3) is 0.294. The fourth-order valence-electron chi connectivity index (χ4n) is 2.07. The Morgan fingerprint density at radius 3 is 2.78 bits per heavy atom. The van der Waals surface area contributed by atoms with Gasteiger partial charge < -0.3 is 15.4 Å². The van der Waals surface area contributed by atoms with Crippen LogP contribution in [0.15, 0.2) is 47.6 Å². The Kier molecular flexibility index (Phi) is 6.69. The molecule has 0 aliphatic carbocycles. The highest BCUT2D eigenvalue weighted by atomic mass is 35.5. The Morgan fingerprint density at radius 2 is 2.13 bits per heavy atom. The number of aromatic nitrogens is 1. The molecule has 0 saturated carbocycles. The Balaban J connectivity index is 1.80.